The molecule has 0 saturated carbocycles. The summed E-state index contributed by atoms with van der Waals surface area (Å²) in [5, 5.41) is 20.5. The SMILES string of the molecule is CN/C(C)=C1/C=C(c2sc(C(=O)N3CCCC(N)C3)cc2-c2ccc(C#N)c(F)c2)C=CC1=N. The van der Waals surface area contributed by atoms with Gasteiger partial charge >= 0.3 is 0 Å². The Balaban J connectivity index is 1.84. The number of nitrogens with two attached hydrogens (primary N) is 1. The van der Waals surface area contributed by atoms with Crippen LogP contribution in [-0.2, 0) is 0 Å². The molecule has 2 aliphatic rings. The fraction of sp³-hybridized carbons (Fsp3) is 0.269. The van der Waals surface area contributed by atoms with Crippen LogP contribution < -0.4 is 11.1 Å². The Hall–Kier alpha value is -3.54. The summed E-state index contributed by atoms with van der Waals surface area (Å²) in [6, 6.07) is 8.10. The maximum absolute atomic E-state index is 14.5. The number of nitriles is 1. The number of halogens is 1. The number of benzene rings is 1. The molecule has 1 aliphatic carbocycles. The molecule has 1 aromatic heterocycles. The van der Waals surface area contributed by atoms with Gasteiger partial charge in [0.05, 0.1) is 16.2 Å². The van der Waals surface area contributed by atoms with E-state index < -0.39 is 5.82 Å². The molecular weight excluding hydrogens is 449 g/mol. The Morgan fingerprint density at radius 1 is 1.35 bits per heavy atom. The molecule has 2 heterocycles. The maximum atomic E-state index is 14.5. The minimum Gasteiger partial charge on any atom is -0.391 e. The molecule has 1 saturated heterocycles. The third-order valence-corrected chi connectivity index (χ3v) is 7.32. The van der Waals surface area contributed by atoms with Gasteiger partial charge in [-0.1, -0.05) is 12.1 Å². The largest absolute Gasteiger partial charge is 0.391 e. The van der Waals surface area contributed by atoms with Crippen LogP contribution in [0, 0.1) is 22.6 Å². The van der Waals surface area contributed by atoms with Crippen LogP contribution in [0.15, 0.2) is 53.8 Å². The number of thiophene rings is 1. The number of carbonyl (C=O) groups excluding carboxylic acids is 1. The number of nitrogens with zero attached hydrogens (tertiary/aromatic N) is 2. The van der Waals surface area contributed by atoms with Crippen molar-refractivity contribution in [3.63, 3.8) is 0 Å². The van der Waals surface area contributed by atoms with Gasteiger partial charge in [-0.05, 0) is 61.3 Å². The molecule has 1 aliphatic heterocycles. The van der Waals surface area contributed by atoms with Crippen molar-refractivity contribution in [3.8, 4) is 17.2 Å². The maximum Gasteiger partial charge on any atom is 0.264 e. The lowest BCUT2D eigenvalue weighted by Crippen LogP contribution is -2.45. The number of piperidine rings is 1. The third kappa shape index (κ3) is 4.58. The molecule has 4 rings (SSSR count). The second kappa shape index (κ2) is 9.75. The van der Waals surface area contributed by atoms with E-state index in [0.717, 1.165) is 34.6 Å². The topological polar surface area (TPSA) is 106 Å². The lowest BCUT2D eigenvalue weighted by Gasteiger charge is -2.30. The Kier molecular flexibility index (Phi) is 6.77. The first-order chi connectivity index (χ1) is 16.3. The summed E-state index contributed by atoms with van der Waals surface area (Å²) in [4.78, 5) is 16.5. The van der Waals surface area contributed by atoms with Gasteiger partial charge in [-0.2, -0.15) is 5.26 Å². The third-order valence-electron chi connectivity index (χ3n) is 6.15. The van der Waals surface area contributed by atoms with Crippen molar-refractivity contribution in [2.24, 2.45) is 5.73 Å². The predicted molar refractivity (Wildman–Crippen MR) is 134 cm³/mol. The molecule has 0 spiro atoms. The molecule has 2 aromatic rings. The number of amides is 1. The average molecular weight is 476 g/mol. The van der Waals surface area contributed by atoms with Crippen LogP contribution in [0.5, 0.6) is 0 Å². The van der Waals surface area contributed by atoms with E-state index in [9.17, 15) is 9.18 Å². The van der Waals surface area contributed by atoms with E-state index in [1.54, 1.807) is 30.2 Å². The zero-order valence-corrected chi connectivity index (χ0v) is 19.9. The zero-order chi connectivity index (χ0) is 24.4. The highest BCUT2D eigenvalue weighted by Gasteiger charge is 2.26. The summed E-state index contributed by atoms with van der Waals surface area (Å²) in [6.45, 7) is 3.08. The first-order valence-corrected chi connectivity index (χ1v) is 11.9. The molecule has 1 unspecified atom stereocenters. The summed E-state index contributed by atoms with van der Waals surface area (Å²) in [6.07, 6.45) is 7.24. The normalized spacial score (nSPS) is 19.5. The van der Waals surface area contributed by atoms with Crippen LogP contribution in [0.3, 0.4) is 0 Å². The predicted octanol–water partition coefficient (Wildman–Crippen LogP) is 4.46. The molecule has 1 fully saturated rings. The van der Waals surface area contributed by atoms with E-state index in [2.05, 4.69) is 5.32 Å². The van der Waals surface area contributed by atoms with Crippen LogP contribution in [0.2, 0.25) is 0 Å². The van der Waals surface area contributed by atoms with Crippen LogP contribution >= 0.6 is 11.3 Å². The van der Waals surface area contributed by atoms with E-state index in [1.165, 1.54) is 23.5 Å². The molecule has 6 nitrogen and oxygen atoms in total. The molecule has 1 amide bonds. The Morgan fingerprint density at radius 2 is 2.15 bits per heavy atom. The van der Waals surface area contributed by atoms with Crippen molar-refractivity contribution in [1.82, 2.24) is 10.2 Å². The van der Waals surface area contributed by atoms with Gasteiger partial charge in [-0.25, -0.2) is 4.39 Å². The fourth-order valence-corrected chi connectivity index (χ4v) is 5.32. The molecule has 8 heteroatoms. The first-order valence-electron chi connectivity index (χ1n) is 11.1. The van der Waals surface area contributed by atoms with Crippen LogP contribution in [0.1, 0.15) is 39.9 Å². The summed E-state index contributed by atoms with van der Waals surface area (Å²) in [5.41, 5.74) is 10.2. The Labute approximate surface area is 202 Å². The van der Waals surface area contributed by atoms with E-state index in [0.29, 0.717) is 34.8 Å². The summed E-state index contributed by atoms with van der Waals surface area (Å²) in [5.74, 6) is -0.689. The molecule has 4 N–H and O–H groups in total. The molecule has 1 atom stereocenters. The minimum atomic E-state index is -0.603. The summed E-state index contributed by atoms with van der Waals surface area (Å²) in [7, 11) is 1.80. The molecule has 1 aromatic carbocycles. The molecule has 174 valence electrons. The molecule has 0 radical (unpaired) electrons. The zero-order valence-electron chi connectivity index (χ0n) is 19.1. The van der Waals surface area contributed by atoms with Gasteiger partial charge in [-0.3, -0.25) is 4.79 Å². The van der Waals surface area contributed by atoms with E-state index >= 15 is 0 Å². The minimum absolute atomic E-state index is 0.0285. The van der Waals surface area contributed by atoms with Gasteiger partial charge in [0.2, 0.25) is 0 Å². The monoisotopic (exact) mass is 475 g/mol. The van der Waals surface area contributed by atoms with Crippen molar-refractivity contribution in [3.05, 3.63) is 74.9 Å². The molecule has 0 bridgehead atoms. The van der Waals surface area contributed by atoms with Gasteiger partial charge in [0.15, 0.2) is 0 Å². The van der Waals surface area contributed by atoms with Gasteiger partial charge in [0, 0.05) is 47.9 Å². The van der Waals surface area contributed by atoms with Crippen molar-refractivity contribution < 1.29 is 9.18 Å². The quantitative estimate of drug-likeness (QED) is 0.607. The van der Waals surface area contributed by atoms with Crippen molar-refractivity contribution in [2.75, 3.05) is 20.1 Å². The van der Waals surface area contributed by atoms with Gasteiger partial charge in [-0.15, -0.1) is 11.3 Å². The van der Waals surface area contributed by atoms with E-state index in [1.807, 2.05) is 25.1 Å². The highest BCUT2D eigenvalue weighted by Crippen LogP contribution is 2.40. The van der Waals surface area contributed by atoms with E-state index in [4.69, 9.17) is 16.4 Å². The smallest absolute Gasteiger partial charge is 0.264 e. The average Bonchev–Trinajstić information content (AvgIpc) is 3.28. The Morgan fingerprint density at radius 3 is 2.82 bits per heavy atom. The highest BCUT2D eigenvalue weighted by atomic mass is 32.1. The first kappa shape index (κ1) is 23.6. The van der Waals surface area contributed by atoms with Gasteiger partial charge < -0.3 is 21.4 Å². The number of likely N-dealkylation sites (tertiary alicyclic amines) is 1. The van der Waals surface area contributed by atoms with Crippen LogP contribution in [0.4, 0.5) is 4.39 Å². The number of nitrogens with one attached hydrogen (secondary N) is 2. The van der Waals surface area contributed by atoms with Crippen LogP contribution in [0.25, 0.3) is 16.7 Å². The number of carbonyl (C=O) groups is 1. The number of rotatable bonds is 4. The summed E-state index contributed by atoms with van der Waals surface area (Å²) < 4.78 is 14.5. The second-order valence-electron chi connectivity index (χ2n) is 8.45. The van der Waals surface area contributed by atoms with E-state index in [-0.39, 0.29) is 17.5 Å². The van der Waals surface area contributed by atoms with Crippen molar-refractivity contribution in [1.29, 1.82) is 10.7 Å². The standard InChI is InChI=1S/C26H26FN5OS/c1-15(31-2)20-10-17(7-8-23(20)30)25-21(16-5-6-18(13-28)22(27)11-16)12-24(34-25)26(33)32-9-3-4-19(29)14-32/h5-8,10-12,19,30-31H,3-4,9,14,29H2,1-2H3/b20-15-,30-23?. The van der Waals surface area contributed by atoms with Gasteiger partial charge in [0.25, 0.3) is 5.91 Å². The number of hydrogen-bond acceptors (Lipinski definition) is 6. The second-order valence-corrected chi connectivity index (χ2v) is 9.50. The lowest BCUT2D eigenvalue weighted by atomic mass is 9.94. The fourth-order valence-electron chi connectivity index (χ4n) is 4.18. The molecule has 34 heavy (non-hydrogen) atoms. The van der Waals surface area contributed by atoms with Crippen molar-refractivity contribution in [2.45, 2.75) is 25.8 Å². The number of allylic oxidation sites excluding steroid dienone is 6. The Bertz CT molecular complexity index is 1300. The summed E-state index contributed by atoms with van der Waals surface area (Å²) >= 11 is 1.35. The van der Waals surface area contributed by atoms with Crippen LogP contribution in [-0.4, -0.2) is 42.7 Å². The van der Waals surface area contributed by atoms with Crippen molar-refractivity contribution >= 4 is 28.5 Å². The lowest BCUT2D eigenvalue weighted by molar-refractivity contribution is 0.0714. The van der Waals surface area contributed by atoms with Gasteiger partial charge in [0.1, 0.15) is 11.9 Å². The molecular formula is C26H26FN5OS. The highest BCUT2D eigenvalue weighted by molar-refractivity contribution is 7.15. The number of hydrogen-bond donors (Lipinski definition) is 3.